The summed E-state index contributed by atoms with van der Waals surface area (Å²) in [6.07, 6.45) is 0. The maximum absolute atomic E-state index is 9.22. The Morgan fingerprint density at radius 1 is 1.29 bits per heavy atom. The third-order valence-electron chi connectivity index (χ3n) is 2.66. The summed E-state index contributed by atoms with van der Waals surface area (Å²) in [6, 6.07) is 8.12. The van der Waals surface area contributed by atoms with Gasteiger partial charge in [0.25, 0.3) is 0 Å². The van der Waals surface area contributed by atoms with Crippen molar-refractivity contribution in [3.05, 3.63) is 29.8 Å². The van der Waals surface area contributed by atoms with Gasteiger partial charge in [0.05, 0.1) is 6.61 Å². The van der Waals surface area contributed by atoms with Crippen LogP contribution < -0.4 is 5.32 Å². The summed E-state index contributed by atoms with van der Waals surface area (Å²) in [5.41, 5.74) is 2.13. The van der Waals surface area contributed by atoms with E-state index in [1.54, 1.807) is 0 Å². The lowest BCUT2D eigenvalue weighted by Crippen LogP contribution is -2.27. The van der Waals surface area contributed by atoms with Crippen LogP contribution in [-0.2, 0) is 11.3 Å². The van der Waals surface area contributed by atoms with Gasteiger partial charge in [-0.25, -0.2) is 0 Å². The summed E-state index contributed by atoms with van der Waals surface area (Å²) in [7, 11) is 0. The van der Waals surface area contributed by atoms with Crippen molar-refractivity contribution in [1.82, 2.24) is 0 Å². The first-order valence-corrected chi connectivity index (χ1v) is 6.09. The number of hydrogen-bond donors (Lipinski definition) is 2. The monoisotopic (exact) mass is 237 g/mol. The number of ether oxygens (including phenoxy) is 1. The van der Waals surface area contributed by atoms with Crippen molar-refractivity contribution in [2.24, 2.45) is 5.41 Å². The molecule has 0 amide bonds. The maximum Gasteiger partial charge on any atom is 0.0736 e. The highest BCUT2D eigenvalue weighted by atomic mass is 16.5. The molecule has 0 saturated heterocycles. The molecule has 96 valence electrons. The van der Waals surface area contributed by atoms with Gasteiger partial charge in [-0.05, 0) is 13.0 Å². The minimum absolute atomic E-state index is 0.112. The van der Waals surface area contributed by atoms with E-state index in [0.29, 0.717) is 6.61 Å². The van der Waals surface area contributed by atoms with Crippen LogP contribution >= 0.6 is 0 Å². The molecule has 0 radical (unpaired) electrons. The lowest BCUT2D eigenvalue weighted by Gasteiger charge is -2.23. The molecule has 0 aliphatic carbocycles. The maximum atomic E-state index is 9.22. The highest BCUT2D eigenvalue weighted by molar-refractivity contribution is 5.50. The number of hydrogen-bond acceptors (Lipinski definition) is 3. The van der Waals surface area contributed by atoms with E-state index in [0.717, 1.165) is 24.4 Å². The third-order valence-corrected chi connectivity index (χ3v) is 2.66. The first-order valence-electron chi connectivity index (χ1n) is 6.09. The van der Waals surface area contributed by atoms with Crippen LogP contribution in [0.1, 0.15) is 26.3 Å². The zero-order valence-corrected chi connectivity index (χ0v) is 11.0. The molecule has 0 aromatic heterocycles. The SMILES string of the molecule is CCOCc1ccccc1NCC(C)(C)CO. The van der Waals surface area contributed by atoms with Crippen LogP contribution in [0.3, 0.4) is 0 Å². The summed E-state index contributed by atoms with van der Waals surface area (Å²) < 4.78 is 5.43. The van der Waals surface area contributed by atoms with Crippen molar-refractivity contribution >= 4 is 5.69 Å². The predicted octanol–water partition coefficient (Wildman–Crippen LogP) is 2.65. The Labute approximate surface area is 104 Å². The molecule has 0 aliphatic heterocycles. The van der Waals surface area contributed by atoms with E-state index in [9.17, 15) is 5.11 Å². The number of benzene rings is 1. The Morgan fingerprint density at radius 3 is 2.65 bits per heavy atom. The second-order valence-electron chi connectivity index (χ2n) is 4.97. The number of para-hydroxylation sites is 1. The van der Waals surface area contributed by atoms with Gasteiger partial charge in [-0.1, -0.05) is 32.0 Å². The second-order valence-corrected chi connectivity index (χ2v) is 4.97. The summed E-state index contributed by atoms with van der Waals surface area (Å²) >= 11 is 0. The van der Waals surface area contributed by atoms with Gasteiger partial charge in [-0.15, -0.1) is 0 Å². The lowest BCUT2D eigenvalue weighted by atomic mass is 9.95. The summed E-state index contributed by atoms with van der Waals surface area (Å²) in [4.78, 5) is 0. The average Bonchev–Trinajstić information content (AvgIpc) is 2.35. The van der Waals surface area contributed by atoms with Crippen LogP contribution in [0.25, 0.3) is 0 Å². The average molecular weight is 237 g/mol. The van der Waals surface area contributed by atoms with Gasteiger partial charge in [-0.3, -0.25) is 0 Å². The minimum atomic E-state index is -0.112. The molecular weight excluding hydrogens is 214 g/mol. The number of rotatable bonds is 7. The van der Waals surface area contributed by atoms with Crippen molar-refractivity contribution in [2.45, 2.75) is 27.4 Å². The van der Waals surface area contributed by atoms with Crippen molar-refractivity contribution in [2.75, 3.05) is 25.1 Å². The van der Waals surface area contributed by atoms with Crippen molar-refractivity contribution in [3.8, 4) is 0 Å². The van der Waals surface area contributed by atoms with Crippen molar-refractivity contribution in [3.63, 3.8) is 0 Å². The van der Waals surface area contributed by atoms with Gasteiger partial charge in [0.15, 0.2) is 0 Å². The highest BCUT2D eigenvalue weighted by Gasteiger charge is 2.16. The fraction of sp³-hybridized carbons (Fsp3) is 0.571. The fourth-order valence-corrected chi connectivity index (χ4v) is 1.42. The molecule has 1 aromatic carbocycles. The van der Waals surface area contributed by atoms with Gasteiger partial charge in [-0.2, -0.15) is 0 Å². The molecule has 0 bridgehead atoms. The molecule has 0 fully saturated rings. The largest absolute Gasteiger partial charge is 0.396 e. The first kappa shape index (κ1) is 14.0. The molecule has 0 spiro atoms. The molecule has 0 unspecified atom stereocenters. The first-order chi connectivity index (χ1) is 8.09. The molecule has 0 atom stereocenters. The standard InChI is InChI=1S/C14H23NO2/c1-4-17-9-12-7-5-6-8-13(12)15-10-14(2,3)11-16/h5-8,15-16H,4,9-11H2,1-3H3. The predicted molar refractivity (Wildman–Crippen MR) is 71.1 cm³/mol. The molecule has 17 heavy (non-hydrogen) atoms. The van der Waals surface area contributed by atoms with Crippen LogP contribution in [-0.4, -0.2) is 24.9 Å². The van der Waals surface area contributed by atoms with E-state index in [1.165, 1.54) is 0 Å². The van der Waals surface area contributed by atoms with E-state index in [-0.39, 0.29) is 12.0 Å². The van der Waals surface area contributed by atoms with Gasteiger partial charge in [0.1, 0.15) is 0 Å². The van der Waals surface area contributed by atoms with E-state index in [2.05, 4.69) is 11.4 Å². The summed E-state index contributed by atoms with van der Waals surface area (Å²) in [5.74, 6) is 0. The Balaban J connectivity index is 2.63. The molecule has 0 heterocycles. The smallest absolute Gasteiger partial charge is 0.0736 e. The molecule has 3 heteroatoms. The van der Waals surface area contributed by atoms with Crippen molar-refractivity contribution < 1.29 is 9.84 Å². The van der Waals surface area contributed by atoms with Gasteiger partial charge in [0, 0.05) is 36.4 Å². The van der Waals surface area contributed by atoms with Gasteiger partial charge >= 0.3 is 0 Å². The Hall–Kier alpha value is -1.06. The summed E-state index contributed by atoms with van der Waals surface area (Å²) in [5, 5.41) is 12.6. The normalized spacial score (nSPS) is 11.5. The fourth-order valence-electron chi connectivity index (χ4n) is 1.42. The summed E-state index contributed by atoms with van der Waals surface area (Å²) in [6.45, 7) is 8.32. The Morgan fingerprint density at radius 2 is 2.00 bits per heavy atom. The number of aliphatic hydroxyl groups excluding tert-OH is 1. The van der Waals surface area contributed by atoms with Crippen LogP contribution in [0.5, 0.6) is 0 Å². The zero-order valence-electron chi connectivity index (χ0n) is 11.0. The van der Waals surface area contributed by atoms with Crippen molar-refractivity contribution in [1.29, 1.82) is 0 Å². The topological polar surface area (TPSA) is 41.5 Å². The number of aliphatic hydroxyl groups is 1. The number of nitrogens with one attached hydrogen (secondary N) is 1. The van der Waals surface area contributed by atoms with E-state index >= 15 is 0 Å². The minimum Gasteiger partial charge on any atom is -0.396 e. The molecule has 1 rings (SSSR count). The Kier molecular flexibility index (Phi) is 5.45. The zero-order chi connectivity index (χ0) is 12.7. The molecule has 2 N–H and O–H groups in total. The van der Waals surface area contributed by atoms with Crippen LogP contribution in [0, 0.1) is 5.41 Å². The second kappa shape index (κ2) is 6.62. The van der Waals surface area contributed by atoms with E-state index in [4.69, 9.17) is 4.74 Å². The molecule has 1 aromatic rings. The number of anilines is 1. The van der Waals surface area contributed by atoms with Crippen LogP contribution in [0.4, 0.5) is 5.69 Å². The van der Waals surface area contributed by atoms with Gasteiger partial charge < -0.3 is 15.2 Å². The third kappa shape index (κ3) is 4.75. The van der Waals surface area contributed by atoms with Crippen LogP contribution in [0.15, 0.2) is 24.3 Å². The Bertz CT molecular complexity index is 337. The molecular formula is C14H23NO2. The van der Waals surface area contributed by atoms with Gasteiger partial charge in [0.2, 0.25) is 0 Å². The quantitative estimate of drug-likeness (QED) is 0.766. The van der Waals surface area contributed by atoms with E-state index < -0.39 is 0 Å². The highest BCUT2D eigenvalue weighted by Crippen LogP contribution is 2.19. The molecule has 0 aliphatic rings. The molecule has 0 saturated carbocycles. The lowest BCUT2D eigenvalue weighted by molar-refractivity contribution is 0.134. The van der Waals surface area contributed by atoms with E-state index in [1.807, 2.05) is 39.0 Å². The molecule has 3 nitrogen and oxygen atoms in total. The van der Waals surface area contributed by atoms with Crippen LogP contribution in [0.2, 0.25) is 0 Å².